The van der Waals surface area contributed by atoms with Gasteiger partial charge in [0.25, 0.3) is 0 Å². The summed E-state index contributed by atoms with van der Waals surface area (Å²) in [6.07, 6.45) is 0. The fourth-order valence-electron chi connectivity index (χ4n) is 16.0. The Morgan fingerprint density at radius 3 is 0.541 bits per heavy atom. The van der Waals surface area contributed by atoms with Crippen LogP contribution < -0.4 is 0 Å². The van der Waals surface area contributed by atoms with Crippen LogP contribution in [0.1, 0.15) is 187 Å². The summed E-state index contributed by atoms with van der Waals surface area (Å²) in [6.45, 7) is 85.1. The maximum atomic E-state index is 3.25. The van der Waals surface area contributed by atoms with E-state index in [0.717, 1.165) is 57.0 Å². The van der Waals surface area contributed by atoms with Crippen LogP contribution in [-0.2, 0) is 0 Å². The van der Waals surface area contributed by atoms with Gasteiger partial charge in [-0.3, -0.25) is 0 Å². The van der Waals surface area contributed by atoms with Gasteiger partial charge in [0.1, 0.15) is 0 Å². The third-order valence-corrected chi connectivity index (χ3v) is 93.7. The van der Waals surface area contributed by atoms with Gasteiger partial charge < -0.3 is 0 Å². The summed E-state index contributed by atoms with van der Waals surface area (Å²) in [5.74, 6) is 0. The molecule has 10 heteroatoms. The molecule has 374 valence electrons. The molecule has 0 bridgehead atoms. The molecule has 0 aliphatic heterocycles. The van der Waals surface area contributed by atoms with Crippen LogP contribution in [-0.4, -0.2) is 126 Å². The molecular formula is C51H126Ge4N4Si2. The van der Waals surface area contributed by atoms with E-state index in [1.54, 1.807) is 0 Å². The first-order valence-corrected chi connectivity index (χ1v) is 51.3. The summed E-state index contributed by atoms with van der Waals surface area (Å²) in [5.41, 5.74) is 0. The molecule has 0 atom stereocenters. The van der Waals surface area contributed by atoms with Crippen LogP contribution in [0, 0.1) is 0 Å². The van der Waals surface area contributed by atoms with Crippen LogP contribution in [0.25, 0.3) is 0 Å². The summed E-state index contributed by atoms with van der Waals surface area (Å²) in [6, 6.07) is 0. The molecule has 0 saturated heterocycles. The number of rotatable bonds is 21. The Bertz CT molecular complexity index is 1000. The predicted octanol–water partition coefficient (Wildman–Crippen LogP) is 18.5. The average molecular weight is 1140 g/mol. The summed E-state index contributed by atoms with van der Waals surface area (Å²) in [5, 5.41) is 0. The molecule has 0 N–H and O–H groups in total. The van der Waals surface area contributed by atoms with Crippen LogP contribution >= 0.6 is 0 Å². The summed E-state index contributed by atoms with van der Waals surface area (Å²) in [7, 11) is 4.40. The van der Waals surface area contributed by atoms with E-state index < -0.39 is 70.4 Å². The van der Waals surface area contributed by atoms with Crippen molar-refractivity contribution in [3.63, 3.8) is 0 Å². The Hall–Kier alpha value is 2.45. The van der Waals surface area contributed by atoms with E-state index in [1.807, 2.05) is 0 Å². The van der Waals surface area contributed by atoms with E-state index in [2.05, 4.69) is 262 Å². The molecule has 0 radical (unpaired) electrons. The third-order valence-electron chi connectivity index (χ3n) is 16.0. The zero-order valence-electron chi connectivity index (χ0n) is 49.8. The standard InChI is InChI=1S/C15H39GeNSi2.C13H31GeN.C12H29GeN.C11H27GeN/c1-13(2)16(14(3)4,15(5)6)17(18(7,8)9)19(10,11)12;1-9-15(10-2)14(11(3)4,12(5)6)13(7)8;1-9-14(8)13(10(2)3,11(4)5)12(6)7;1-9(2)12(10(3)4,11(5)6)13(7)8/h13-15H,1-12H3;11-13H,9-10H2,1-8H3;10-12H,9H2,1-8H3;9-11H,1-8H3. The number of hydrogen-bond donors (Lipinski definition) is 0. The van der Waals surface area contributed by atoms with Crippen molar-refractivity contribution in [1.82, 2.24) is 14.8 Å². The Balaban J connectivity index is -0.000000359. The van der Waals surface area contributed by atoms with Crippen molar-refractivity contribution in [2.45, 2.75) is 283 Å². The molecule has 4 nitrogen and oxygen atoms in total. The fraction of sp³-hybridized carbons (Fsp3) is 1.00. The molecule has 0 spiro atoms. The first-order valence-electron chi connectivity index (χ1n) is 26.1. The molecule has 0 aromatic rings. The molecule has 0 amide bonds. The zero-order valence-corrected chi connectivity index (χ0v) is 60.2. The second kappa shape index (κ2) is 29.5. The normalized spacial score (nSPS) is 14.2. The van der Waals surface area contributed by atoms with Crippen molar-refractivity contribution in [2.24, 2.45) is 0 Å². The van der Waals surface area contributed by atoms with Crippen molar-refractivity contribution in [1.29, 1.82) is 0 Å². The molecule has 0 heterocycles. The Kier molecular flexibility index (Phi) is 33.8. The van der Waals surface area contributed by atoms with Crippen molar-refractivity contribution in [2.75, 3.05) is 40.8 Å². The predicted molar refractivity (Wildman–Crippen MR) is 308 cm³/mol. The van der Waals surface area contributed by atoms with Crippen LogP contribution in [0.15, 0.2) is 0 Å². The molecule has 0 aliphatic rings. The van der Waals surface area contributed by atoms with Crippen molar-refractivity contribution < 1.29 is 0 Å². The topological polar surface area (TPSA) is 13.0 Å². The van der Waals surface area contributed by atoms with E-state index in [4.69, 9.17) is 0 Å². The zero-order chi connectivity index (χ0) is 50.4. The third kappa shape index (κ3) is 16.8. The van der Waals surface area contributed by atoms with Crippen molar-refractivity contribution in [3.8, 4) is 0 Å². The van der Waals surface area contributed by atoms with Gasteiger partial charge in [0.2, 0.25) is 0 Å². The average Bonchev–Trinajstić information content (AvgIpc) is 3.03. The van der Waals surface area contributed by atoms with Gasteiger partial charge in [0, 0.05) is 0 Å². The second-order valence-corrected chi connectivity index (χ2v) is 86.8. The minimum absolute atomic E-state index is 0.884. The molecule has 0 aromatic heterocycles. The Morgan fingerprint density at radius 2 is 0.492 bits per heavy atom. The van der Waals surface area contributed by atoms with Gasteiger partial charge >= 0.3 is 409 Å². The Labute approximate surface area is 405 Å². The fourth-order valence-corrected chi connectivity index (χ4v) is 106. The van der Waals surface area contributed by atoms with Crippen LogP contribution in [0.4, 0.5) is 0 Å². The second-order valence-electron chi connectivity index (χ2n) is 25.2. The molecule has 0 aliphatic carbocycles. The van der Waals surface area contributed by atoms with E-state index in [1.165, 1.54) is 19.6 Å². The molecule has 0 fully saturated rings. The van der Waals surface area contributed by atoms with Gasteiger partial charge in [-0.1, -0.05) is 0 Å². The summed E-state index contributed by atoms with van der Waals surface area (Å²) < 4.78 is 22.1. The minimum atomic E-state index is -2.11. The van der Waals surface area contributed by atoms with E-state index >= 15 is 0 Å². The van der Waals surface area contributed by atoms with Gasteiger partial charge in [0.15, 0.2) is 0 Å². The van der Waals surface area contributed by atoms with Gasteiger partial charge in [-0.25, -0.2) is 0 Å². The molecule has 0 unspecified atom stereocenters. The Morgan fingerprint density at radius 1 is 0.295 bits per heavy atom. The van der Waals surface area contributed by atoms with Crippen LogP contribution in [0.2, 0.25) is 96.3 Å². The quantitative estimate of drug-likeness (QED) is 0.106. The van der Waals surface area contributed by atoms with E-state index in [0.29, 0.717) is 0 Å². The first-order chi connectivity index (χ1) is 27.1. The van der Waals surface area contributed by atoms with E-state index in [9.17, 15) is 0 Å². The van der Waals surface area contributed by atoms with Crippen molar-refractivity contribution in [3.05, 3.63) is 0 Å². The van der Waals surface area contributed by atoms with Crippen LogP contribution in [0.5, 0.6) is 0 Å². The first kappa shape index (κ1) is 70.0. The summed E-state index contributed by atoms with van der Waals surface area (Å²) in [4.78, 5) is 0. The van der Waals surface area contributed by atoms with Gasteiger partial charge in [-0.15, -0.1) is 0 Å². The van der Waals surface area contributed by atoms with Crippen LogP contribution in [0.3, 0.4) is 0 Å². The molecule has 0 saturated carbocycles. The monoisotopic (exact) mass is 1150 g/mol. The van der Waals surface area contributed by atoms with Gasteiger partial charge in [-0.05, 0) is 0 Å². The SMILES string of the molecule is CC[N](C)[Ge]([CH](C)C)([CH](C)C)[CH](C)C.CC[N](CC)[Ge]([CH](C)C)([CH](C)C)[CH](C)C.C[CH](C)[Ge]([CH](C)C)([CH](C)C)[N](C)C.C[CH](C)[Ge]([CH](C)C)([CH](C)C)[N]([Si](C)(C)C)[Si](C)(C)C. The van der Waals surface area contributed by atoms with Crippen molar-refractivity contribution >= 4 is 70.4 Å². The summed E-state index contributed by atoms with van der Waals surface area (Å²) >= 11 is -7.72. The van der Waals surface area contributed by atoms with E-state index in [-0.39, 0.29) is 0 Å². The molecular weight excluding hydrogens is 1020 g/mol. The molecule has 61 heavy (non-hydrogen) atoms. The number of nitrogens with zero attached hydrogens (tertiary/aromatic N) is 4. The maximum absolute atomic E-state index is 3.25. The number of hydrogen-bond acceptors (Lipinski definition) is 4. The molecule has 0 aromatic carbocycles. The van der Waals surface area contributed by atoms with Gasteiger partial charge in [-0.2, -0.15) is 0 Å². The van der Waals surface area contributed by atoms with Gasteiger partial charge in [0.05, 0.1) is 0 Å². The molecule has 0 rings (SSSR count).